The molecule has 3 aromatic rings. The van der Waals surface area contributed by atoms with E-state index in [-0.39, 0.29) is 30.3 Å². The van der Waals surface area contributed by atoms with Crippen LogP contribution in [0.25, 0.3) is 21.9 Å². The summed E-state index contributed by atoms with van der Waals surface area (Å²) in [6, 6.07) is 9.63. The molecule has 8 nitrogen and oxygen atoms in total. The smallest absolute Gasteiger partial charge is 0.337 e. The van der Waals surface area contributed by atoms with Crippen molar-refractivity contribution in [2.45, 2.75) is 0 Å². The third-order valence-corrected chi connectivity index (χ3v) is 4.75. The molecule has 0 saturated carbocycles. The van der Waals surface area contributed by atoms with Gasteiger partial charge in [-0.3, -0.25) is 0 Å². The van der Waals surface area contributed by atoms with Crippen molar-refractivity contribution in [1.82, 2.24) is 0 Å². The van der Waals surface area contributed by atoms with Gasteiger partial charge in [-0.15, -0.1) is 0 Å². The lowest BCUT2D eigenvalue weighted by molar-refractivity contribution is 0.0652. The van der Waals surface area contributed by atoms with Crippen LogP contribution in [0.3, 0.4) is 0 Å². The first-order valence-electron chi connectivity index (χ1n) is 8.30. The van der Waals surface area contributed by atoms with Crippen LogP contribution in [0.5, 0.6) is 23.0 Å². The lowest BCUT2D eigenvalue weighted by Crippen LogP contribution is -2.11. The normalized spacial score (nSPS) is 13.7. The maximum absolute atomic E-state index is 12.1. The van der Waals surface area contributed by atoms with E-state index in [1.54, 1.807) is 30.3 Å². The number of hydrogen-bond donors (Lipinski definition) is 2. The zero-order valence-corrected chi connectivity index (χ0v) is 14.2. The highest BCUT2D eigenvalue weighted by Gasteiger charge is 2.29. The fourth-order valence-electron chi connectivity index (χ4n) is 3.58. The van der Waals surface area contributed by atoms with Gasteiger partial charge in [-0.05, 0) is 35.2 Å². The van der Waals surface area contributed by atoms with Crippen molar-refractivity contribution < 1.29 is 38.7 Å². The highest BCUT2D eigenvalue weighted by Crippen LogP contribution is 2.47. The van der Waals surface area contributed by atoms with Crippen molar-refractivity contribution in [3.05, 3.63) is 47.5 Å². The molecule has 28 heavy (non-hydrogen) atoms. The Morgan fingerprint density at radius 2 is 1.50 bits per heavy atom. The number of carboxylic acid groups (broad SMARTS) is 2. The summed E-state index contributed by atoms with van der Waals surface area (Å²) in [6.07, 6.45) is 0. The predicted octanol–water partition coefficient (Wildman–Crippen LogP) is 3.36. The Balaban J connectivity index is 1.94. The van der Waals surface area contributed by atoms with E-state index in [9.17, 15) is 19.8 Å². The summed E-state index contributed by atoms with van der Waals surface area (Å²) in [5, 5.41) is 20.5. The molecule has 0 bridgehead atoms. The average Bonchev–Trinajstić information content (AvgIpc) is 3.34. The summed E-state index contributed by atoms with van der Waals surface area (Å²) < 4.78 is 21.7. The molecule has 2 N–H and O–H groups in total. The van der Waals surface area contributed by atoms with E-state index in [1.165, 1.54) is 6.07 Å². The van der Waals surface area contributed by atoms with Crippen LogP contribution in [0, 0.1) is 0 Å². The number of ether oxygens (including phenoxy) is 4. The number of carboxylic acids is 2. The largest absolute Gasteiger partial charge is 0.478 e. The van der Waals surface area contributed by atoms with Gasteiger partial charge < -0.3 is 29.2 Å². The van der Waals surface area contributed by atoms with E-state index in [2.05, 4.69) is 0 Å². The van der Waals surface area contributed by atoms with Gasteiger partial charge in [-0.25, -0.2) is 9.59 Å². The molecule has 0 aliphatic carbocycles. The number of carbonyl (C=O) groups is 2. The molecule has 8 heteroatoms. The van der Waals surface area contributed by atoms with Crippen LogP contribution in [0.2, 0.25) is 0 Å². The monoisotopic (exact) mass is 380 g/mol. The zero-order chi connectivity index (χ0) is 19.4. The second kappa shape index (κ2) is 5.78. The first-order chi connectivity index (χ1) is 13.5. The van der Waals surface area contributed by atoms with E-state index in [1.807, 2.05) is 0 Å². The minimum Gasteiger partial charge on any atom is -0.478 e. The minimum absolute atomic E-state index is 0.00187. The summed E-state index contributed by atoms with van der Waals surface area (Å²) in [6.45, 7) is 0.0605. The third-order valence-electron chi connectivity index (χ3n) is 4.75. The molecule has 3 aromatic carbocycles. The minimum atomic E-state index is -1.36. The molecular formula is C20H12O8. The second-order valence-corrected chi connectivity index (χ2v) is 6.25. The molecule has 5 rings (SSSR count). The van der Waals surface area contributed by atoms with E-state index in [4.69, 9.17) is 18.9 Å². The van der Waals surface area contributed by atoms with Crippen molar-refractivity contribution in [3.63, 3.8) is 0 Å². The summed E-state index contributed by atoms with van der Waals surface area (Å²) >= 11 is 0. The van der Waals surface area contributed by atoms with Crippen molar-refractivity contribution in [3.8, 4) is 34.1 Å². The Bertz CT molecular complexity index is 1180. The van der Waals surface area contributed by atoms with E-state index in [0.29, 0.717) is 39.3 Å². The zero-order valence-electron chi connectivity index (χ0n) is 14.2. The van der Waals surface area contributed by atoms with Crippen molar-refractivity contribution >= 4 is 22.7 Å². The van der Waals surface area contributed by atoms with Crippen LogP contribution in [0.4, 0.5) is 0 Å². The molecule has 0 radical (unpaired) electrons. The van der Waals surface area contributed by atoms with E-state index in [0.717, 1.165) is 0 Å². The van der Waals surface area contributed by atoms with Crippen LogP contribution >= 0.6 is 0 Å². The lowest BCUT2D eigenvalue weighted by atomic mass is 9.88. The topological polar surface area (TPSA) is 112 Å². The van der Waals surface area contributed by atoms with Gasteiger partial charge in [0.1, 0.15) is 0 Å². The van der Waals surface area contributed by atoms with Crippen LogP contribution in [-0.4, -0.2) is 35.7 Å². The fraction of sp³-hybridized carbons (Fsp3) is 0.100. The molecule has 2 heterocycles. The SMILES string of the molecule is O=C(O)c1cc2ccc3c(c2c(-c2ccc4c(c2)OCO4)c1C(=O)O)OCO3. The fourth-order valence-corrected chi connectivity index (χ4v) is 3.58. The molecule has 2 aliphatic heterocycles. The summed E-state index contributed by atoms with van der Waals surface area (Å²) in [5.41, 5.74) is 0.0518. The Morgan fingerprint density at radius 1 is 0.786 bits per heavy atom. The first kappa shape index (κ1) is 16.2. The Kier molecular flexibility index (Phi) is 3.35. The third kappa shape index (κ3) is 2.24. The number of benzene rings is 3. The number of aromatic carboxylic acids is 2. The maximum Gasteiger partial charge on any atom is 0.337 e. The molecule has 0 atom stereocenters. The van der Waals surface area contributed by atoms with Crippen molar-refractivity contribution in [2.75, 3.05) is 13.6 Å². The van der Waals surface area contributed by atoms with Gasteiger partial charge in [0.25, 0.3) is 0 Å². The number of fused-ring (bicyclic) bond motifs is 4. The van der Waals surface area contributed by atoms with Gasteiger partial charge in [0.15, 0.2) is 23.0 Å². The predicted molar refractivity (Wildman–Crippen MR) is 95.5 cm³/mol. The maximum atomic E-state index is 12.1. The molecule has 0 spiro atoms. The van der Waals surface area contributed by atoms with Crippen molar-refractivity contribution in [2.24, 2.45) is 0 Å². The summed E-state index contributed by atoms with van der Waals surface area (Å²) in [4.78, 5) is 23.9. The standard InChI is InChI=1S/C20H12O8/c21-19(22)11-5-9-2-4-13-18(28-8-26-13)16(9)15(17(11)20(23)24)10-1-3-12-14(6-10)27-7-25-12/h1-6H,7-8H2,(H,21,22)(H,23,24). The van der Waals surface area contributed by atoms with Crippen LogP contribution in [-0.2, 0) is 0 Å². The highest BCUT2D eigenvalue weighted by molar-refractivity contribution is 6.16. The van der Waals surface area contributed by atoms with Gasteiger partial charge in [-0.2, -0.15) is 0 Å². The van der Waals surface area contributed by atoms with Gasteiger partial charge in [-0.1, -0.05) is 12.1 Å². The quantitative estimate of drug-likeness (QED) is 0.711. The van der Waals surface area contributed by atoms with Crippen LogP contribution in [0.1, 0.15) is 20.7 Å². The summed E-state index contributed by atoms with van der Waals surface area (Å²) in [7, 11) is 0. The van der Waals surface area contributed by atoms with E-state index >= 15 is 0 Å². The van der Waals surface area contributed by atoms with Crippen LogP contribution < -0.4 is 18.9 Å². The first-order valence-corrected chi connectivity index (χ1v) is 8.30. The van der Waals surface area contributed by atoms with Crippen molar-refractivity contribution in [1.29, 1.82) is 0 Å². The molecule has 0 aromatic heterocycles. The van der Waals surface area contributed by atoms with Gasteiger partial charge in [0, 0.05) is 10.9 Å². The lowest BCUT2D eigenvalue weighted by Gasteiger charge is -2.16. The molecule has 140 valence electrons. The molecule has 0 saturated heterocycles. The molecule has 0 unspecified atom stereocenters. The van der Waals surface area contributed by atoms with Gasteiger partial charge >= 0.3 is 11.9 Å². The summed E-state index contributed by atoms with van der Waals surface area (Å²) in [5.74, 6) is -0.863. The van der Waals surface area contributed by atoms with Gasteiger partial charge in [0.2, 0.25) is 13.6 Å². The molecule has 2 aliphatic rings. The Labute approximate surface area is 157 Å². The molecular weight excluding hydrogens is 368 g/mol. The average molecular weight is 380 g/mol. The van der Waals surface area contributed by atoms with E-state index < -0.39 is 11.9 Å². The number of hydrogen-bond acceptors (Lipinski definition) is 6. The van der Waals surface area contributed by atoms with Crippen LogP contribution in [0.15, 0.2) is 36.4 Å². The number of rotatable bonds is 3. The molecule has 0 amide bonds. The highest BCUT2D eigenvalue weighted by atomic mass is 16.7. The second-order valence-electron chi connectivity index (χ2n) is 6.25. The Hall–Kier alpha value is -3.94. The molecule has 0 fully saturated rings. The van der Waals surface area contributed by atoms with Gasteiger partial charge in [0.05, 0.1) is 11.1 Å². The Morgan fingerprint density at radius 3 is 2.29 bits per heavy atom.